The van der Waals surface area contributed by atoms with E-state index in [1.807, 2.05) is 85.2 Å². The molecule has 326 valence electrons. The third kappa shape index (κ3) is 9.83. The number of nitrogens with zero attached hydrogens (tertiary/aromatic N) is 5. The van der Waals surface area contributed by atoms with Gasteiger partial charge in [0.2, 0.25) is 5.71 Å². The normalized spacial score (nSPS) is 15.2. The van der Waals surface area contributed by atoms with Crippen molar-refractivity contribution in [1.29, 1.82) is 0 Å². The summed E-state index contributed by atoms with van der Waals surface area (Å²) in [6.07, 6.45) is -0.317. The molecule has 0 fully saturated rings. The van der Waals surface area contributed by atoms with Crippen LogP contribution < -0.4 is 0 Å². The number of pyridine rings is 3. The molecule has 0 aliphatic rings. The number of hydrogen-bond donors (Lipinski definition) is 0. The van der Waals surface area contributed by atoms with Crippen molar-refractivity contribution in [1.82, 2.24) is 24.9 Å². The van der Waals surface area contributed by atoms with Crippen molar-refractivity contribution in [3.63, 3.8) is 0 Å². The van der Waals surface area contributed by atoms with Crippen LogP contribution in [-0.4, -0.2) is 24.9 Å². The largest absolute Gasteiger partial charge is 0.437 e. The summed E-state index contributed by atoms with van der Waals surface area (Å²) >= 11 is 0. The van der Waals surface area contributed by atoms with Gasteiger partial charge in [-0.1, -0.05) is 152 Å². The molecule has 0 bridgehead atoms. The highest BCUT2D eigenvalue weighted by Gasteiger charge is 2.26. The Bertz CT molecular complexity index is 3380. The van der Waals surface area contributed by atoms with E-state index in [-0.39, 0.29) is 22.8 Å². The van der Waals surface area contributed by atoms with Crippen molar-refractivity contribution < 1.29 is 16.8 Å². The van der Waals surface area contributed by atoms with Gasteiger partial charge in [0.1, 0.15) is 11.4 Å². The van der Waals surface area contributed by atoms with Crippen LogP contribution in [0.3, 0.4) is 0 Å². The molecule has 0 unspecified atom stereocenters. The topological polar surface area (TPSA) is 77.6 Å². The van der Waals surface area contributed by atoms with Crippen molar-refractivity contribution in [3.8, 4) is 33.8 Å². The number of fused-ring (bicyclic) bond motifs is 3. The number of aromatic nitrogens is 5. The molecular weight excluding hydrogens is 795 g/mol. The molecule has 0 saturated heterocycles. The second-order valence-electron chi connectivity index (χ2n) is 19.2. The molecule has 0 atom stereocenters. The highest BCUT2D eigenvalue weighted by molar-refractivity contribution is 6.08. The molecular formula is C59H59N5O. The molecule has 4 aromatic carbocycles. The Hall–Kier alpha value is -6.79. The van der Waals surface area contributed by atoms with Crippen LogP contribution in [0.5, 0.6) is 0 Å². The van der Waals surface area contributed by atoms with Gasteiger partial charge in [0.15, 0.2) is 0 Å². The van der Waals surface area contributed by atoms with E-state index in [1.54, 1.807) is 51.1 Å². The molecule has 0 saturated carbocycles. The molecule has 0 N–H and O–H groups in total. The fourth-order valence-electron chi connectivity index (χ4n) is 8.43. The van der Waals surface area contributed by atoms with E-state index in [9.17, 15) is 5.48 Å². The molecule has 0 radical (unpaired) electrons. The lowest BCUT2D eigenvalue weighted by atomic mass is 9.77. The van der Waals surface area contributed by atoms with Crippen molar-refractivity contribution in [2.75, 3.05) is 0 Å². The van der Waals surface area contributed by atoms with Crippen LogP contribution in [0.1, 0.15) is 106 Å². The van der Waals surface area contributed by atoms with Gasteiger partial charge in [-0.25, -0.2) is 4.98 Å². The average Bonchev–Trinajstić information content (AvgIpc) is 3.74. The molecule has 65 heavy (non-hydrogen) atoms. The average molecular weight is 863 g/mol. The number of hydrogen-bond acceptors (Lipinski definition) is 6. The van der Waals surface area contributed by atoms with Crippen LogP contribution in [0.2, 0.25) is 0 Å². The summed E-state index contributed by atoms with van der Waals surface area (Å²) in [4.78, 5) is 23.1. The van der Waals surface area contributed by atoms with E-state index >= 15 is 0 Å². The Morgan fingerprint density at radius 3 is 1.68 bits per heavy atom. The van der Waals surface area contributed by atoms with Gasteiger partial charge in [0.05, 0.1) is 22.5 Å². The number of para-hydroxylation sites is 1. The Balaban J connectivity index is 1.11. The van der Waals surface area contributed by atoms with Gasteiger partial charge in [-0.3, -0.25) is 15.0 Å². The molecule has 5 heterocycles. The zero-order valence-electron chi connectivity index (χ0n) is 47.0. The van der Waals surface area contributed by atoms with Gasteiger partial charge in [-0.15, -0.1) is 0 Å². The van der Waals surface area contributed by atoms with Gasteiger partial charge in [-0.2, -0.15) is 4.98 Å². The molecule has 0 aliphatic heterocycles. The molecule has 6 nitrogen and oxygen atoms in total. The first-order valence-electron chi connectivity index (χ1n) is 26.5. The van der Waals surface area contributed by atoms with E-state index in [1.165, 1.54) is 12.3 Å². The minimum atomic E-state index is -2.93. The number of benzene rings is 4. The van der Waals surface area contributed by atoms with Gasteiger partial charge in [0.25, 0.3) is 0 Å². The Morgan fingerprint density at radius 1 is 0.538 bits per heavy atom. The van der Waals surface area contributed by atoms with Crippen molar-refractivity contribution >= 4 is 22.1 Å². The Kier molecular flexibility index (Phi) is 9.14. The quantitative estimate of drug-likeness (QED) is 0.115. The molecule has 0 amide bonds. The minimum Gasteiger partial charge on any atom is -0.437 e. The molecule has 5 aromatic heterocycles. The van der Waals surface area contributed by atoms with Gasteiger partial charge in [-0.05, 0) is 112 Å². The standard InChI is InChI=1S/C59H59N5O/c1-39-28-53(49-21-15-20-48-50-38-63-54(34-57(2,3)4)64-56(50)65-55(48)49)60-35-45(39)23-22-40-29-41(32-58(5,6)46-24-26-51(61-36-46)43-16-11-9-12-17-43)31-42(30-40)33-59(7,8)47-25-27-52(62-37-47)44-18-13-10-14-19-44/h9-21,24-31,35-38H,22-23,32-34H2,1-8H3/i1D3,22D2,23D2,34D2. The molecule has 9 rings (SSSR count). The van der Waals surface area contributed by atoms with Gasteiger partial charge in [0, 0.05) is 65.6 Å². The van der Waals surface area contributed by atoms with E-state index in [4.69, 9.17) is 21.2 Å². The monoisotopic (exact) mass is 863 g/mol. The summed E-state index contributed by atoms with van der Waals surface area (Å²) < 4.78 is 88.9. The van der Waals surface area contributed by atoms with E-state index < -0.39 is 53.3 Å². The van der Waals surface area contributed by atoms with Crippen LogP contribution in [0.4, 0.5) is 0 Å². The van der Waals surface area contributed by atoms with Crippen molar-refractivity contribution in [3.05, 3.63) is 197 Å². The van der Waals surface area contributed by atoms with E-state index in [2.05, 4.69) is 60.8 Å². The summed E-state index contributed by atoms with van der Waals surface area (Å²) in [6.45, 7) is 10.8. The second-order valence-corrected chi connectivity index (χ2v) is 19.2. The fourth-order valence-corrected chi connectivity index (χ4v) is 8.43. The predicted molar refractivity (Wildman–Crippen MR) is 267 cm³/mol. The van der Waals surface area contributed by atoms with Crippen LogP contribution in [0, 0.1) is 12.3 Å². The third-order valence-corrected chi connectivity index (χ3v) is 11.8. The molecule has 6 heteroatoms. The zero-order valence-corrected chi connectivity index (χ0v) is 38.0. The number of furan rings is 1. The maximum atomic E-state index is 9.80. The van der Waals surface area contributed by atoms with E-state index in [0.29, 0.717) is 34.8 Å². The van der Waals surface area contributed by atoms with Crippen molar-refractivity contribution in [2.45, 2.75) is 98.1 Å². The SMILES string of the molecule is [2H]C([2H])([2H])c1cc(-c2cccc3c2oc2nc(C([2H])([2H])C(C)(C)C)ncc23)ncc1C([2H])([2H])C([2H])([2H])c1cc(CC(C)(C)c2ccc(-c3ccccc3)nc2)cc(CC(C)(C)c2ccc(-c3ccccc3)nc2)c1. The first kappa shape index (κ1) is 33.7. The lowest BCUT2D eigenvalue weighted by molar-refractivity contribution is 0.400. The van der Waals surface area contributed by atoms with Crippen LogP contribution in [-0.2, 0) is 42.8 Å². The van der Waals surface area contributed by atoms with Crippen LogP contribution in [0.25, 0.3) is 55.8 Å². The molecule has 9 aromatic rings. The number of rotatable bonds is 13. The first-order valence-corrected chi connectivity index (χ1v) is 22.0. The lowest BCUT2D eigenvalue weighted by Gasteiger charge is -2.28. The highest BCUT2D eigenvalue weighted by atomic mass is 16.3. The lowest BCUT2D eigenvalue weighted by Crippen LogP contribution is -2.23. The van der Waals surface area contributed by atoms with E-state index in [0.717, 1.165) is 51.0 Å². The van der Waals surface area contributed by atoms with Crippen molar-refractivity contribution in [2.24, 2.45) is 5.41 Å². The summed E-state index contributed by atoms with van der Waals surface area (Å²) in [5.41, 5.74) is 5.61. The van der Waals surface area contributed by atoms with Crippen LogP contribution in [0.15, 0.2) is 157 Å². The smallest absolute Gasteiger partial charge is 0.230 e. The Morgan fingerprint density at radius 2 is 1.12 bits per heavy atom. The number of aryl methyl sites for hydroxylation is 3. The second kappa shape index (κ2) is 17.6. The summed E-state index contributed by atoms with van der Waals surface area (Å²) in [6, 6.07) is 40.0. The summed E-state index contributed by atoms with van der Waals surface area (Å²) in [7, 11) is 0. The predicted octanol–water partition coefficient (Wildman–Crippen LogP) is 14.3. The zero-order chi connectivity index (χ0) is 53.2. The minimum absolute atomic E-state index is 0.0379. The summed E-state index contributed by atoms with van der Waals surface area (Å²) in [5, 5.41) is 1.12. The maximum absolute atomic E-state index is 9.80. The van der Waals surface area contributed by atoms with Gasteiger partial charge < -0.3 is 4.42 Å². The molecule has 0 spiro atoms. The first-order chi connectivity index (χ1) is 34.7. The highest BCUT2D eigenvalue weighted by Crippen LogP contribution is 2.36. The van der Waals surface area contributed by atoms with Gasteiger partial charge >= 0.3 is 0 Å². The molecule has 0 aliphatic carbocycles. The Labute approximate surface area is 397 Å². The third-order valence-electron chi connectivity index (χ3n) is 11.8. The summed E-state index contributed by atoms with van der Waals surface area (Å²) in [5.74, 6) is -0.0379. The van der Waals surface area contributed by atoms with Crippen LogP contribution >= 0.6 is 0 Å². The maximum Gasteiger partial charge on any atom is 0.230 e. The fraction of sp³-hybridized carbons (Fsp3) is 0.271.